The Labute approximate surface area is 128 Å². The van der Waals surface area contributed by atoms with Gasteiger partial charge in [-0.1, -0.05) is 19.9 Å². The van der Waals surface area contributed by atoms with Crippen LogP contribution >= 0.6 is 0 Å². The van der Waals surface area contributed by atoms with Crippen LogP contribution in [0.3, 0.4) is 0 Å². The fourth-order valence-corrected chi connectivity index (χ4v) is 1.85. The number of pyridine rings is 1. The average molecular weight is 303 g/mol. The first-order valence-electron chi connectivity index (χ1n) is 6.78. The summed E-state index contributed by atoms with van der Waals surface area (Å²) in [6.45, 7) is 3.47. The lowest BCUT2D eigenvalue weighted by atomic mass is 10.0. The van der Waals surface area contributed by atoms with E-state index in [1.54, 1.807) is 36.4 Å². The van der Waals surface area contributed by atoms with E-state index in [1.165, 1.54) is 0 Å². The molecule has 0 aliphatic heterocycles. The summed E-state index contributed by atoms with van der Waals surface area (Å²) in [5, 5.41) is 18.4. The standard InChI is InChI=1S/C16H17NO5/c1-10(2)12-8-11(6-7-13(12)18)22-15-5-3-4-14(17-15)21-9-16(19)20/h3-8,10,18H,9H2,1-2H3,(H,19,20). The quantitative estimate of drug-likeness (QED) is 0.852. The lowest BCUT2D eigenvalue weighted by Gasteiger charge is -2.11. The molecule has 0 saturated heterocycles. The number of hydrogen-bond acceptors (Lipinski definition) is 5. The van der Waals surface area contributed by atoms with Crippen LogP contribution < -0.4 is 9.47 Å². The molecular formula is C16H17NO5. The Morgan fingerprint density at radius 2 is 1.95 bits per heavy atom. The topological polar surface area (TPSA) is 88.9 Å². The molecule has 22 heavy (non-hydrogen) atoms. The number of carboxylic acid groups (broad SMARTS) is 1. The van der Waals surface area contributed by atoms with Crippen LogP contribution in [-0.4, -0.2) is 27.8 Å². The third-order valence-corrected chi connectivity index (χ3v) is 2.88. The summed E-state index contributed by atoms with van der Waals surface area (Å²) in [7, 11) is 0. The minimum atomic E-state index is -1.08. The lowest BCUT2D eigenvalue weighted by Crippen LogP contribution is -2.10. The molecule has 0 fully saturated rings. The van der Waals surface area contributed by atoms with Crippen LogP contribution in [-0.2, 0) is 4.79 Å². The molecule has 6 heteroatoms. The second-order valence-electron chi connectivity index (χ2n) is 4.97. The van der Waals surface area contributed by atoms with Gasteiger partial charge in [0.1, 0.15) is 11.5 Å². The number of nitrogens with zero attached hydrogens (tertiary/aromatic N) is 1. The normalized spacial score (nSPS) is 10.5. The fraction of sp³-hybridized carbons (Fsp3) is 0.250. The Balaban J connectivity index is 2.15. The summed E-state index contributed by atoms with van der Waals surface area (Å²) in [5.41, 5.74) is 0.774. The van der Waals surface area contributed by atoms with E-state index in [9.17, 15) is 9.90 Å². The number of ether oxygens (including phenoxy) is 2. The molecule has 0 unspecified atom stereocenters. The van der Waals surface area contributed by atoms with E-state index in [1.807, 2.05) is 13.8 Å². The highest BCUT2D eigenvalue weighted by Crippen LogP contribution is 2.31. The molecule has 1 aromatic heterocycles. The molecule has 1 heterocycles. The number of rotatable bonds is 6. The monoisotopic (exact) mass is 303 g/mol. The molecule has 1 aromatic carbocycles. The van der Waals surface area contributed by atoms with Crippen molar-refractivity contribution in [2.45, 2.75) is 19.8 Å². The number of aliphatic carboxylic acids is 1. The van der Waals surface area contributed by atoms with Gasteiger partial charge in [0.15, 0.2) is 6.61 Å². The van der Waals surface area contributed by atoms with Crippen molar-refractivity contribution in [3.05, 3.63) is 42.0 Å². The zero-order valence-corrected chi connectivity index (χ0v) is 12.3. The van der Waals surface area contributed by atoms with Gasteiger partial charge in [0, 0.05) is 17.7 Å². The molecule has 0 aliphatic rings. The van der Waals surface area contributed by atoms with E-state index in [-0.39, 0.29) is 23.4 Å². The number of carbonyl (C=O) groups is 1. The van der Waals surface area contributed by atoms with Crippen molar-refractivity contribution in [1.29, 1.82) is 0 Å². The van der Waals surface area contributed by atoms with E-state index in [4.69, 9.17) is 14.6 Å². The van der Waals surface area contributed by atoms with Gasteiger partial charge in [-0.25, -0.2) is 4.79 Å². The number of hydrogen-bond donors (Lipinski definition) is 2. The van der Waals surface area contributed by atoms with E-state index in [2.05, 4.69) is 4.98 Å². The number of benzene rings is 1. The fourth-order valence-electron chi connectivity index (χ4n) is 1.85. The Kier molecular flexibility index (Phi) is 4.83. The summed E-state index contributed by atoms with van der Waals surface area (Å²) >= 11 is 0. The Morgan fingerprint density at radius 3 is 2.64 bits per heavy atom. The Hall–Kier alpha value is -2.76. The van der Waals surface area contributed by atoms with Crippen molar-refractivity contribution in [2.75, 3.05) is 6.61 Å². The van der Waals surface area contributed by atoms with Gasteiger partial charge < -0.3 is 19.7 Å². The summed E-state index contributed by atoms with van der Waals surface area (Å²) in [6, 6.07) is 9.78. The Morgan fingerprint density at radius 1 is 1.23 bits per heavy atom. The van der Waals surface area contributed by atoms with Crippen LogP contribution in [0.5, 0.6) is 23.3 Å². The predicted molar refractivity (Wildman–Crippen MR) is 79.6 cm³/mol. The zero-order valence-electron chi connectivity index (χ0n) is 12.3. The highest BCUT2D eigenvalue weighted by Gasteiger charge is 2.09. The average Bonchev–Trinajstić information content (AvgIpc) is 2.47. The molecule has 2 N–H and O–H groups in total. The van der Waals surface area contributed by atoms with Crippen molar-refractivity contribution in [2.24, 2.45) is 0 Å². The molecular weight excluding hydrogens is 286 g/mol. The first-order valence-corrected chi connectivity index (χ1v) is 6.78. The maximum Gasteiger partial charge on any atom is 0.341 e. The third-order valence-electron chi connectivity index (χ3n) is 2.88. The predicted octanol–water partition coefficient (Wildman–Crippen LogP) is 3.17. The van der Waals surface area contributed by atoms with E-state index >= 15 is 0 Å². The van der Waals surface area contributed by atoms with Crippen molar-refractivity contribution in [3.63, 3.8) is 0 Å². The molecule has 0 atom stereocenters. The maximum absolute atomic E-state index is 10.5. The van der Waals surface area contributed by atoms with Crippen LogP contribution in [0.15, 0.2) is 36.4 Å². The first kappa shape index (κ1) is 15.6. The van der Waals surface area contributed by atoms with Crippen molar-refractivity contribution < 1.29 is 24.5 Å². The molecule has 6 nitrogen and oxygen atoms in total. The SMILES string of the molecule is CC(C)c1cc(Oc2cccc(OCC(=O)O)n2)ccc1O. The number of aromatic nitrogens is 1. The summed E-state index contributed by atoms with van der Waals surface area (Å²) in [6.07, 6.45) is 0. The van der Waals surface area contributed by atoms with Crippen molar-refractivity contribution in [1.82, 2.24) is 4.98 Å². The van der Waals surface area contributed by atoms with Crippen LogP contribution in [0.1, 0.15) is 25.3 Å². The van der Waals surface area contributed by atoms with Gasteiger partial charge in [-0.2, -0.15) is 4.98 Å². The van der Waals surface area contributed by atoms with Gasteiger partial charge in [-0.05, 0) is 24.1 Å². The van der Waals surface area contributed by atoms with E-state index in [0.717, 1.165) is 5.56 Å². The van der Waals surface area contributed by atoms with Crippen molar-refractivity contribution >= 4 is 5.97 Å². The van der Waals surface area contributed by atoms with Crippen LogP contribution in [0, 0.1) is 0 Å². The van der Waals surface area contributed by atoms with Crippen LogP contribution in [0.4, 0.5) is 0 Å². The largest absolute Gasteiger partial charge is 0.508 e. The second-order valence-corrected chi connectivity index (χ2v) is 4.97. The van der Waals surface area contributed by atoms with Gasteiger partial charge in [0.05, 0.1) is 0 Å². The van der Waals surface area contributed by atoms with Crippen LogP contribution in [0.2, 0.25) is 0 Å². The van der Waals surface area contributed by atoms with E-state index < -0.39 is 12.6 Å². The number of carboxylic acids is 1. The third kappa shape index (κ3) is 4.12. The molecule has 116 valence electrons. The van der Waals surface area contributed by atoms with E-state index in [0.29, 0.717) is 5.75 Å². The smallest absolute Gasteiger partial charge is 0.341 e. The Bertz CT molecular complexity index is 669. The lowest BCUT2D eigenvalue weighted by molar-refractivity contribution is -0.139. The molecule has 0 spiro atoms. The summed E-state index contributed by atoms with van der Waals surface area (Å²) in [5.74, 6) is 0.277. The summed E-state index contributed by atoms with van der Waals surface area (Å²) < 4.78 is 10.6. The van der Waals surface area contributed by atoms with Gasteiger partial charge in [-0.3, -0.25) is 0 Å². The molecule has 0 saturated carbocycles. The number of aromatic hydroxyl groups is 1. The van der Waals surface area contributed by atoms with Gasteiger partial charge in [-0.15, -0.1) is 0 Å². The number of phenolic OH excluding ortho intramolecular Hbond substituents is 1. The van der Waals surface area contributed by atoms with Crippen molar-refractivity contribution in [3.8, 4) is 23.3 Å². The van der Waals surface area contributed by atoms with Gasteiger partial charge in [0.25, 0.3) is 0 Å². The molecule has 0 aliphatic carbocycles. The molecule has 0 bridgehead atoms. The highest BCUT2D eigenvalue weighted by atomic mass is 16.5. The molecule has 0 amide bonds. The van der Waals surface area contributed by atoms with Crippen LogP contribution in [0.25, 0.3) is 0 Å². The summed E-state index contributed by atoms with van der Waals surface area (Å²) in [4.78, 5) is 14.5. The molecule has 2 aromatic rings. The second kappa shape index (κ2) is 6.80. The minimum Gasteiger partial charge on any atom is -0.508 e. The minimum absolute atomic E-state index is 0.154. The van der Waals surface area contributed by atoms with Gasteiger partial charge >= 0.3 is 5.97 Å². The maximum atomic E-state index is 10.5. The number of phenols is 1. The zero-order chi connectivity index (χ0) is 16.1. The highest BCUT2D eigenvalue weighted by molar-refractivity contribution is 5.68. The molecule has 2 rings (SSSR count). The molecule has 0 radical (unpaired) electrons. The first-order chi connectivity index (χ1) is 10.5. The van der Waals surface area contributed by atoms with Gasteiger partial charge in [0.2, 0.25) is 11.8 Å².